The first-order valence-electron chi connectivity index (χ1n) is 8.75. The van der Waals surface area contributed by atoms with Crippen molar-refractivity contribution in [2.24, 2.45) is 7.05 Å². The van der Waals surface area contributed by atoms with Crippen LogP contribution < -0.4 is 14.8 Å². The minimum Gasteiger partial charge on any atom is -0.454 e. The summed E-state index contributed by atoms with van der Waals surface area (Å²) in [4.78, 5) is 9.24. The molecular formula is C20H16FN5O2. The molecule has 0 saturated heterocycles. The molecule has 0 bridgehead atoms. The van der Waals surface area contributed by atoms with Gasteiger partial charge in [-0.25, -0.2) is 14.4 Å². The molecule has 3 heterocycles. The Hall–Kier alpha value is -3.68. The van der Waals surface area contributed by atoms with E-state index < -0.39 is 0 Å². The lowest BCUT2D eigenvalue weighted by molar-refractivity contribution is 0.174. The van der Waals surface area contributed by atoms with Gasteiger partial charge >= 0.3 is 0 Å². The standard InChI is InChI=1S/C20H16FN5O2/c1-26-20-15(10-23-26)19(24-18(25-20)13-3-5-14(21)6-4-13)22-9-12-2-7-16-17(8-12)28-11-27-16/h2-8,10H,9,11H2,1H3,(H,22,24,25). The Balaban J connectivity index is 1.50. The molecule has 0 saturated carbocycles. The van der Waals surface area contributed by atoms with E-state index in [-0.39, 0.29) is 12.6 Å². The lowest BCUT2D eigenvalue weighted by Gasteiger charge is -2.10. The van der Waals surface area contributed by atoms with E-state index in [4.69, 9.17) is 9.47 Å². The molecule has 0 aliphatic carbocycles. The summed E-state index contributed by atoms with van der Waals surface area (Å²) in [6, 6.07) is 11.9. The van der Waals surface area contributed by atoms with Gasteiger partial charge in [0.2, 0.25) is 6.79 Å². The summed E-state index contributed by atoms with van der Waals surface area (Å²) in [5.41, 5.74) is 2.46. The van der Waals surface area contributed by atoms with Crippen LogP contribution in [0.15, 0.2) is 48.7 Å². The number of anilines is 1. The van der Waals surface area contributed by atoms with Crippen molar-refractivity contribution >= 4 is 16.9 Å². The maximum atomic E-state index is 13.3. The van der Waals surface area contributed by atoms with Crippen LogP contribution in [-0.2, 0) is 13.6 Å². The molecular weight excluding hydrogens is 361 g/mol. The van der Waals surface area contributed by atoms with Gasteiger partial charge in [0.1, 0.15) is 11.6 Å². The van der Waals surface area contributed by atoms with E-state index in [1.807, 2.05) is 25.2 Å². The molecule has 8 heteroatoms. The summed E-state index contributed by atoms with van der Waals surface area (Å²) in [6.45, 7) is 0.788. The number of fused-ring (bicyclic) bond motifs is 2. The predicted octanol–water partition coefficient (Wildman–Crippen LogP) is 3.51. The zero-order valence-corrected chi connectivity index (χ0v) is 15.0. The highest BCUT2D eigenvalue weighted by Gasteiger charge is 2.15. The lowest BCUT2D eigenvalue weighted by Crippen LogP contribution is -2.05. The summed E-state index contributed by atoms with van der Waals surface area (Å²) < 4.78 is 25.7. The Bertz CT molecular complexity index is 1170. The summed E-state index contributed by atoms with van der Waals surface area (Å²) in [5, 5.41) is 8.45. The number of halogens is 1. The van der Waals surface area contributed by atoms with Gasteiger partial charge in [0.05, 0.1) is 11.6 Å². The van der Waals surface area contributed by atoms with Crippen LogP contribution in [0.4, 0.5) is 10.2 Å². The zero-order chi connectivity index (χ0) is 19.1. The number of hydrogen-bond acceptors (Lipinski definition) is 6. The molecule has 1 aliphatic heterocycles. The number of rotatable bonds is 4. The Kier molecular flexibility index (Phi) is 3.82. The van der Waals surface area contributed by atoms with Gasteiger partial charge in [-0.15, -0.1) is 0 Å². The first kappa shape index (κ1) is 16.5. The van der Waals surface area contributed by atoms with Crippen LogP contribution in [-0.4, -0.2) is 26.5 Å². The third-order valence-electron chi connectivity index (χ3n) is 4.59. The van der Waals surface area contributed by atoms with Gasteiger partial charge in [-0.3, -0.25) is 4.68 Å². The molecule has 140 valence electrons. The van der Waals surface area contributed by atoms with Crippen LogP contribution in [0, 0.1) is 5.82 Å². The second-order valence-electron chi connectivity index (χ2n) is 6.45. The molecule has 0 amide bonds. The van der Waals surface area contributed by atoms with E-state index in [0.29, 0.717) is 23.8 Å². The number of aryl methyl sites for hydroxylation is 1. The maximum Gasteiger partial charge on any atom is 0.231 e. The van der Waals surface area contributed by atoms with Crippen LogP contribution >= 0.6 is 0 Å². The fourth-order valence-corrected chi connectivity index (χ4v) is 3.12. The van der Waals surface area contributed by atoms with Crippen molar-refractivity contribution in [3.63, 3.8) is 0 Å². The van der Waals surface area contributed by atoms with Crippen LogP contribution in [0.25, 0.3) is 22.4 Å². The van der Waals surface area contributed by atoms with Crippen LogP contribution in [0.1, 0.15) is 5.56 Å². The van der Waals surface area contributed by atoms with Gasteiger partial charge in [0.25, 0.3) is 0 Å². The van der Waals surface area contributed by atoms with Crippen molar-refractivity contribution in [1.29, 1.82) is 0 Å². The molecule has 0 unspecified atom stereocenters. The van der Waals surface area contributed by atoms with E-state index in [2.05, 4.69) is 20.4 Å². The molecule has 0 radical (unpaired) electrons. The Morgan fingerprint density at radius 2 is 1.89 bits per heavy atom. The number of nitrogens with zero attached hydrogens (tertiary/aromatic N) is 4. The lowest BCUT2D eigenvalue weighted by atomic mass is 10.2. The number of ether oxygens (including phenoxy) is 2. The Morgan fingerprint density at radius 3 is 2.75 bits per heavy atom. The number of benzene rings is 2. The van der Waals surface area contributed by atoms with Gasteiger partial charge in [0, 0.05) is 19.2 Å². The second kappa shape index (κ2) is 6.49. The summed E-state index contributed by atoms with van der Waals surface area (Å²) in [5.74, 6) is 2.35. The van der Waals surface area contributed by atoms with Crippen molar-refractivity contribution in [2.75, 3.05) is 12.1 Å². The summed E-state index contributed by atoms with van der Waals surface area (Å²) in [7, 11) is 1.82. The highest BCUT2D eigenvalue weighted by Crippen LogP contribution is 2.33. The molecule has 28 heavy (non-hydrogen) atoms. The minimum atomic E-state index is -0.300. The highest BCUT2D eigenvalue weighted by atomic mass is 19.1. The van der Waals surface area contributed by atoms with Gasteiger partial charge in [0.15, 0.2) is 23.0 Å². The average molecular weight is 377 g/mol. The smallest absolute Gasteiger partial charge is 0.231 e. The van der Waals surface area contributed by atoms with E-state index in [1.54, 1.807) is 23.0 Å². The first-order chi connectivity index (χ1) is 13.7. The van der Waals surface area contributed by atoms with Crippen LogP contribution in [0.2, 0.25) is 0 Å². The molecule has 2 aromatic heterocycles. The van der Waals surface area contributed by atoms with Crippen LogP contribution in [0.3, 0.4) is 0 Å². The SMILES string of the molecule is Cn1ncc2c(NCc3ccc4c(c3)OCO4)nc(-c3ccc(F)cc3)nc21. The largest absolute Gasteiger partial charge is 0.454 e. The molecule has 0 fully saturated rings. The fourth-order valence-electron chi connectivity index (χ4n) is 3.12. The number of nitrogens with one attached hydrogen (secondary N) is 1. The number of aromatic nitrogens is 4. The first-order valence-corrected chi connectivity index (χ1v) is 8.75. The van der Waals surface area contributed by atoms with Gasteiger partial charge < -0.3 is 14.8 Å². The fraction of sp³-hybridized carbons (Fsp3) is 0.150. The van der Waals surface area contributed by atoms with E-state index in [9.17, 15) is 4.39 Å². The molecule has 0 spiro atoms. The average Bonchev–Trinajstić information content (AvgIpc) is 3.33. The quantitative estimate of drug-likeness (QED) is 0.587. The molecule has 2 aromatic carbocycles. The van der Waals surface area contributed by atoms with Gasteiger partial charge in [-0.05, 0) is 42.0 Å². The monoisotopic (exact) mass is 377 g/mol. The van der Waals surface area contributed by atoms with Gasteiger partial charge in [-0.1, -0.05) is 6.07 Å². The van der Waals surface area contributed by atoms with Crippen molar-refractivity contribution < 1.29 is 13.9 Å². The van der Waals surface area contributed by atoms with Crippen molar-refractivity contribution in [3.05, 3.63) is 60.0 Å². The van der Waals surface area contributed by atoms with E-state index in [0.717, 1.165) is 28.0 Å². The normalized spacial score (nSPS) is 12.5. The van der Waals surface area contributed by atoms with E-state index in [1.165, 1.54) is 12.1 Å². The summed E-state index contributed by atoms with van der Waals surface area (Å²) in [6.07, 6.45) is 1.73. The molecule has 0 atom stereocenters. The third kappa shape index (κ3) is 2.88. The second-order valence-corrected chi connectivity index (χ2v) is 6.45. The molecule has 7 nitrogen and oxygen atoms in total. The molecule has 4 aromatic rings. The van der Waals surface area contributed by atoms with Crippen molar-refractivity contribution in [2.45, 2.75) is 6.54 Å². The predicted molar refractivity (Wildman–Crippen MR) is 102 cm³/mol. The third-order valence-corrected chi connectivity index (χ3v) is 4.59. The maximum absolute atomic E-state index is 13.3. The van der Waals surface area contributed by atoms with Crippen molar-refractivity contribution in [3.8, 4) is 22.9 Å². The molecule has 1 N–H and O–H groups in total. The van der Waals surface area contributed by atoms with Gasteiger partial charge in [-0.2, -0.15) is 5.10 Å². The Labute approximate surface area is 159 Å². The minimum absolute atomic E-state index is 0.245. The van der Waals surface area contributed by atoms with E-state index >= 15 is 0 Å². The summed E-state index contributed by atoms with van der Waals surface area (Å²) >= 11 is 0. The Morgan fingerprint density at radius 1 is 1.07 bits per heavy atom. The zero-order valence-electron chi connectivity index (χ0n) is 15.0. The topological polar surface area (TPSA) is 74.1 Å². The van der Waals surface area contributed by atoms with Crippen molar-refractivity contribution in [1.82, 2.24) is 19.7 Å². The van der Waals surface area contributed by atoms with Crippen LogP contribution in [0.5, 0.6) is 11.5 Å². The number of hydrogen-bond donors (Lipinski definition) is 1. The molecule has 1 aliphatic rings. The molecule has 5 rings (SSSR count). The highest BCUT2D eigenvalue weighted by molar-refractivity contribution is 5.88.